The Morgan fingerprint density at radius 1 is 1.02 bits per heavy atom. The van der Waals surface area contributed by atoms with Crippen LogP contribution in [-0.2, 0) is 9.59 Å². The monoisotopic (exact) mass is 599 g/mol. The number of anilines is 1. The first-order chi connectivity index (χ1) is 20.8. The minimum Gasteiger partial charge on any atom is -0.493 e. The highest BCUT2D eigenvalue weighted by atomic mass is 32.2. The zero-order chi connectivity index (χ0) is 30.5. The minimum absolute atomic E-state index is 0.121. The summed E-state index contributed by atoms with van der Waals surface area (Å²) in [6.07, 6.45) is 0. The van der Waals surface area contributed by atoms with E-state index >= 15 is 0 Å². The van der Waals surface area contributed by atoms with Gasteiger partial charge >= 0.3 is 0 Å². The van der Waals surface area contributed by atoms with Crippen molar-refractivity contribution in [2.24, 2.45) is 0 Å². The summed E-state index contributed by atoms with van der Waals surface area (Å²) in [5.41, 5.74) is 5.33. The van der Waals surface area contributed by atoms with Crippen LogP contribution in [0.3, 0.4) is 0 Å². The van der Waals surface area contributed by atoms with Crippen molar-refractivity contribution in [2.45, 2.75) is 12.2 Å². The van der Waals surface area contributed by atoms with Crippen LogP contribution in [0.4, 0.5) is 5.82 Å². The van der Waals surface area contributed by atoms with Crippen molar-refractivity contribution in [1.82, 2.24) is 20.0 Å². The second-order valence-corrected chi connectivity index (χ2v) is 11.7. The number of methoxy groups -OCH3 is 2. The predicted molar refractivity (Wildman–Crippen MR) is 172 cm³/mol. The first kappa shape index (κ1) is 30.2. The Bertz CT molecular complexity index is 1600. The normalized spacial score (nSPS) is 14.8. The highest BCUT2D eigenvalue weighted by Crippen LogP contribution is 2.49. The molecule has 3 aromatic carbocycles. The van der Waals surface area contributed by atoms with E-state index in [1.54, 1.807) is 19.1 Å². The first-order valence-electron chi connectivity index (χ1n) is 14.1. The van der Waals surface area contributed by atoms with Crippen LogP contribution in [0.25, 0.3) is 16.9 Å². The zero-order valence-corrected chi connectivity index (χ0v) is 26.0. The number of rotatable bonds is 10. The number of carbonyl (C=O) groups is 2. The molecule has 1 atom stereocenters. The molecule has 2 amide bonds. The molecule has 0 radical (unpaired) electrons. The van der Waals surface area contributed by atoms with E-state index in [0.717, 1.165) is 33.6 Å². The summed E-state index contributed by atoms with van der Waals surface area (Å²) in [5, 5.41) is 7.85. The SMILES string of the molecule is COc1ccc([C@H]2SCC(=O)N(CC(=O)NCCN(C)C)c3c2c(-c2ccccc2)nn3-c2cccc(C)c2)cc1OC. The Hall–Kier alpha value is -4.28. The second kappa shape index (κ2) is 13.4. The van der Waals surface area contributed by atoms with Crippen LogP contribution in [0, 0.1) is 6.92 Å². The largest absolute Gasteiger partial charge is 0.493 e. The summed E-state index contributed by atoms with van der Waals surface area (Å²) in [7, 11) is 7.12. The van der Waals surface area contributed by atoms with Gasteiger partial charge in [-0.2, -0.15) is 5.10 Å². The summed E-state index contributed by atoms with van der Waals surface area (Å²) in [6, 6.07) is 23.8. The van der Waals surface area contributed by atoms with E-state index in [1.807, 2.05) is 103 Å². The lowest BCUT2D eigenvalue weighted by Gasteiger charge is -2.23. The number of nitrogens with zero attached hydrogens (tertiary/aromatic N) is 4. The van der Waals surface area contributed by atoms with Gasteiger partial charge in [0.15, 0.2) is 11.5 Å². The van der Waals surface area contributed by atoms with E-state index in [0.29, 0.717) is 30.4 Å². The molecule has 10 heteroatoms. The Kier molecular flexibility index (Phi) is 9.37. The standard InChI is InChI=1S/C33H37N5O4S/c1-22-10-9-13-25(18-22)38-33-30(31(35-38)23-11-7-6-8-12-23)32(24-14-15-26(41-4)27(19-24)42-5)43-21-29(40)37(33)20-28(39)34-16-17-36(2)3/h6-15,18-19,32H,16-17,20-21H2,1-5H3,(H,34,39)/t32-/m1/s1. The van der Waals surface area contributed by atoms with Crippen molar-refractivity contribution in [2.75, 3.05) is 58.6 Å². The quantitative estimate of drug-likeness (QED) is 0.282. The second-order valence-electron chi connectivity index (χ2n) is 10.6. The number of hydrogen-bond donors (Lipinski definition) is 1. The molecule has 1 N–H and O–H groups in total. The highest BCUT2D eigenvalue weighted by Gasteiger charge is 2.38. The van der Waals surface area contributed by atoms with Crippen LogP contribution >= 0.6 is 11.8 Å². The molecule has 9 nitrogen and oxygen atoms in total. The molecule has 1 aromatic heterocycles. The summed E-state index contributed by atoms with van der Waals surface area (Å²) in [5.74, 6) is 1.60. The average molecular weight is 600 g/mol. The lowest BCUT2D eigenvalue weighted by molar-refractivity contribution is -0.122. The van der Waals surface area contributed by atoms with Crippen molar-refractivity contribution in [3.63, 3.8) is 0 Å². The van der Waals surface area contributed by atoms with Gasteiger partial charge in [0.2, 0.25) is 11.8 Å². The maximum atomic E-state index is 13.9. The number of aryl methyl sites for hydroxylation is 1. The van der Waals surface area contributed by atoms with E-state index in [9.17, 15) is 9.59 Å². The van der Waals surface area contributed by atoms with Crippen LogP contribution in [0.5, 0.6) is 11.5 Å². The van der Waals surface area contributed by atoms with Gasteiger partial charge in [-0.1, -0.05) is 48.5 Å². The van der Waals surface area contributed by atoms with Gasteiger partial charge in [-0.3, -0.25) is 14.5 Å². The Balaban J connectivity index is 1.74. The van der Waals surface area contributed by atoms with Gasteiger partial charge in [-0.05, 0) is 56.4 Å². The van der Waals surface area contributed by atoms with Gasteiger partial charge in [-0.15, -0.1) is 11.8 Å². The molecule has 1 aliphatic heterocycles. The molecule has 0 bridgehead atoms. The third kappa shape index (κ3) is 6.55. The molecule has 2 heterocycles. The Morgan fingerprint density at radius 3 is 2.49 bits per heavy atom. The Morgan fingerprint density at radius 2 is 1.79 bits per heavy atom. The Labute approximate surface area is 256 Å². The van der Waals surface area contributed by atoms with Gasteiger partial charge < -0.3 is 19.7 Å². The summed E-state index contributed by atoms with van der Waals surface area (Å²) >= 11 is 1.51. The summed E-state index contributed by atoms with van der Waals surface area (Å²) < 4.78 is 13.0. The number of carbonyl (C=O) groups excluding carboxylic acids is 2. The number of likely N-dealkylation sites (N-methyl/N-ethyl adjacent to an activating group) is 1. The molecule has 5 rings (SSSR count). The number of benzene rings is 3. The molecular weight excluding hydrogens is 562 g/mol. The van der Waals surface area contributed by atoms with Gasteiger partial charge in [0.05, 0.1) is 36.6 Å². The molecule has 0 unspecified atom stereocenters. The molecule has 0 aliphatic carbocycles. The number of ether oxygens (including phenoxy) is 2. The summed E-state index contributed by atoms with van der Waals surface area (Å²) in [6.45, 7) is 3.08. The maximum Gasteiger partial charge on any atom is 0.240 e. The van der Waals surface area contributed by atoms with Gasteiger partial charge in [-0.25, -0.2) is 4.68 Å². The molecule has 43 heavy (non-hydrogen) atoms. The number of hydrogen-bond acceptors (Lipinski definition) is 7. The number of aromatic nitrogens is 2. The molecule has 0 saturated carbocycles. The molecule has 1 aliphatic rings. The third-order valence-electron chi connectivity index (χ3n) is 7.28. The fourth-order valence-electron chi connectivity index (χ4n) is 5.17. The third-order valence-corrected chi connectivity index (χ3v) is 8.53. The average Bonchev–Trinajstić information content (AvgIpc) is 3.33. The van der Waals surface area contributed by atoms with Crippen LogP contribution < -0.4 is 19.7 Å². The topological polar surface area (TPSA) is 88.9 Å². The lowest BCUT2D eigenvalue weighted by Crippen LogP contribution is -2.43. The maximum absolute atomic E-state index is 13.9. The van der Waals surface area contributed by atoms with Crippen molar-refractivity contribution in [3.05, 3.63) is 89.5 Å². The van der Waals surface area contributed by atoms with Crippen molar-refractivity contribution in [3.8, 4) is 28.4 Å². The number of amides is 2. The fourth-order valence-corrected chi connectivity index (χ4v) is 6.35. The van der Waals surface area contributed by atoms with E-state index in [2.05, 4.69) is 5.32 Å². The molecule has 224 valence electrons. The smallest absolute Gasteiger partial charge is 0.240 e. The number of thioether (sulfide) groups is 1. The van der Waals surface area contributed by atoms with Crippen LogP contribution in [-0.4, -0.2) is 80.2 Å². The van der Waals surface area contributed by atoms with Crippen molar-refractivity contribution in [1.29, 1.82) is 0 Å². The van der Waals surface area contributed by atoms with E-state index in [4.69, 9.17) is 14.6 Å². The van der Waals surface area contributed by atoms with Crippen molar-refractivity contribution >= 4 is 29.4 Å². The number of nitrogens with one attached hydrogen (secondary N) is 1. The van der Waals surface area contributed by atoms with Gasteiger partial charge in [0.25, 0.3) is 0 Å². The van der Waals surface area contributed by atoms with Crippen LogP contribution in [0.2, 0.25) is 0 Å². The van der Waals surface area contributed by atoms with E-state index in [-0.39, 0.29) is 29.4 Å². The molecule has 4 aromatic rings. The first-order valence-corrected chi connectivity index (χ1v) is 15.2. The number of fused-ring (bicyclic) bond motifs is 1. The molecular formula is C33H37N5O4S. The van der Waals surface area contributed by atoms with Gasteiger partial charge in [0, 0.05) is 24.2 Å². The van der Waals surface area contributed by atoms with Crippen LogP contribution in [0.1, 0.15) is 21.9 Å². The zero-order valence-electron chi connectivity index (χ0n) is 25.2. The summed E-state index contributed by atoms with van der Waals surface area (Å²) in [4.78, 5) is 30.8. The van der Waals surface area contributed by atoms with E-state index < -0.39 is 0 Å². The fraction of sp³-hybridized carbons (Fsp3) is 0.303. The van der Waals surface area contributed by atoms with E-state index in [1.165, 1.54) is 11.8 Å². The molecule has 0 saturated heterocycles. The minimum atomic E-state index is -0.283. The van der Waals surface area contributed by atoms with Crippen molar-refractivity contribution < 1.29 is 19.1 Å². The lowest BCUT2D eigenvalue weighted by atomic mass is 9.99. The molecule has 0 spiro atoms. The highest BCUT2D eigenvalue weighted by molar-refractivity contribution is 8.00. The van der Waals surface area contributed by atoms with Gasteiger partial charge in [0.1, 0.15) is 12.4 Å². The predicted octanol–water partition coefficient (Wildman–Crippen LogP) is 4.71. The molecule has 0 fully saturated rings. The van der Waals surface area contributed by atoms with Crippen LogP contribution in [0.15, 0.2) is 72.8 Å².